The highest BCUT2D eigenvalue weighted by atomic mass is 32.2. The Labute approximate surface area is 120 Å². The number of sulfonamides is 1. The van der Waals surface area contributed by atoms with Crippen molar-refractivity contribution < 1.29 is 13.2 Å². The minimum atomic E-state index is -3.11. The molecule has 0 unspecified atom stereocenters. The molecule has 0 amide bonds. The lowest BCUT2D eigenvalue weighted by molar-refractivity contribution is 0.318. The summed E-state index contributed by atoms with van der Waals surface area (Å²) in [5.41, 5.74) is 7.31. The van der Waals surface area contributed by atoms with E-state index in [0.717, 1.165) is 24.1 Å². The van der Waals surface area contributed by atoms with Crippen LogP contribution < -0.4 is 20.5 Å². The third kappa shape index (κ3) is 7.20. The highest BCUT2D eigenvalue weighted by Gasteiger charge is 2.01. The van der Waals surface area contributed by atoms with Gasteiger partial charge in [0.05, 0.1) is 12.9 Å². The third-order valence-corrected chi connectivity index (χ3v) is 3.18. The molecule has 20 heavy (non-hydrogen) atoms. The summed E-state index contributed by atoms with van der Waals surface area (Å²) >= 11 is 0. The molecule has 0 radical (unpaired) electrons. The molecule has 0 heterocycles. The van der Waals surface area contributed by atoms with Gasteiger partial charge in [-0.3, -0.25) is 0 Å². The van der Waals surface area contributed by atoms with Crippen molar-refractivity contribution in [1.29, 1.82) is 0 Å². The van der Waals surface area contributed by atoms with Crippen molar-refractivity contribution in [2.45, 2.75) is 19.8 Å². The predicted molar refractivity (Wildman–Crippen MR) is 82.6 cm³/mol. The summed E-state index contributed by atoms with van der Waals surface area (Å²) in [7, 11) is -3.11. The van der Waals surface area contributed by atoms with Gasteiger partial charge in [-0.1, -0.05) is 6.92 Å². The lowest BCUT2D eigenvalue weighted by atomic mass is 10.2. The SMILES string of the molecule is CCCOc1cc(N)cc(NCCCNS(C)(=O)=O)c1. The highest BCUT2D eigenvalue weighted by Crippen LogP contribution is 2.22. The van der Waals surface area contributed by atoms with Gasteiger partial charge < -0.3 is 15.8 Å². The zero-order chi connectivity index (χ0) is 15.0. The van der Waals surface area contributed by atoms with Gasteiger partial charge in [0.25, 0.3) is 0 Å². The quantitative estimate of drug-likeness (QED) is 0.473. The Morgan fingerprint density at radius 3 is 2.65 bits per heavy atom. The highest BCUT2D eigenvalue weighted by molar-refractivity contribution is 7.88. The normalized spacial score (nSPS) is 11.3. The van der Waals surface area contributed by atoms with Gasteiger partial charge in [0.1, 0.15) is 5.75 Å². The molecule has 0 aliphatic heterocycles. The van der Waals surface area contributed by atoms with E-state index in [1.807, 2.05) is 19.1 Å². The van der Waals surface area contributed by atoms with E-state index in [1.165, 1.54) is 0 Å². The zero-order valence-corrected chi connectivity index (χ0v) is 12.8. The lowest BCUT2D eigenvalue weighted by Gasteiger charge is -2.11. The van der Waals surface area contributed by atoms with Crippen molar-refractivity contribution in [3.05, 3.63) is 18.2 Å². The first-order valence-corrected chi connectivity index (χ1v) is 8.51. The van der Waals surface area contributed by atoms with Crippen LogP contribution in [0.3, 0.4) is 0 Å². The molecule has 0 aliphatic carbocycles. The fraction of sp³-hybridized carbons (Fsp3) is 0.538. The van der Waals surface area contributed by atoms with Crippen LogP contribution in [0.25, 0.3) is 0 Å². The van der Waals surface area contributed by atoms with Gasteiger partial charge in [0.2, 0.25) is 10.0 Å². The minimum absolute atomic E-state index is 0.410. The molecule has 4 N–H and O–H groups in total. The maximum absolute atomic E-state index is 10.9. The van der Waals surface area contributed by atoms with Crippen LogP contribution in [0.4, 0.5) is 11.4 Å². The standard InChI is InChI=1S/C13H23N3O3S/c1-3-7-19-13-9-11(14)8-12(10-13)15-5-4-6-16-20(2,17)18/h8-10,15-16H,3-7,14H2,1-2H3. The molecule has 1 aromatic rings. The summed E-state index contributed by atoms with van der Waals surface area (Å²) in [5.74, 6) is 0.739. The second-order valence-electron chi connectivity index (χ2n) is 4.59. The van der Waals surface area contributed by atoms with E-state index in [1.54, 1.807) is 6.07 Å². The number of nitrogen functional groups attached to an aromatic ring is 1. The smallest absolute Gasteiger partial charge is 0.208 e. The van der Waals surface area contributed by atoms with E-state index in [4.69, 9.17) is 10.5 Å². The molecule has 114 valence electrons. The number of benzene rings is 1. The Balaban J connectivity index is 2.41. The van der Waals surface area contributed by atoms with E-state index >= 15 is 0 Å². The number of anilines is 2. The summed E-state index contributed by atoms with van der Waals surface area (Å²) in [6.45, 7) is 3.76. The molecule has 0 bridgehead atoms. The number of hydrogen-bond acceptors (Lipinski definition) is 5. The summed E-state index contributed by atoms with van der Waals surface area (Å²) in [6, 6.07) is 5.49. The van der Waals surface area contributed by atoms with Gasteiger partial charge in [-0.15, -0.1) is 0 Å². The summed E-state index contributed by atoms with van der Waals surface area (Å²) < 4.78 is 29.8. The van der Waals surface area contributed by atoms with Gasteiger partial charge in [-0.25, -0.2) is 13.1 Å². The Bertz CT molecular complexity index is 518. The molecular weight excluding hydrogens is 278 g/mol. The molecule has 1 rings (SSSR count). The largest absolute Gasteiger partial charge is 0.493 e. The van der Waals surface area contributed by atoms with Crippen molar-refractivity contribution >= 4 is 21.4 Å². The Kier molecular flexibility index (Phi) is 6.60. The first-order valence-electron chi connectivity index (χ1n) is 6.62. The fourth-order valence-corrected chi connectivity index (χ4v) is 2.12. The topological polar surface area (TPSA) is 93.4 Å². The zero-order valence-electron chi connectivity index (χ0n) is 12.0. The second kappa shape index (κ2) is 7.96. The summed E-state index contributed by atoms with van der Waals surface area (Å²) in [4.78, 5) is 0. The van der Waals surface area contributed by atoms with E-state index < -0.39 is 10.0 Å². The van der Waals surface area contributed by atoms with Gasteiger partial charge >= 0.3 is 0 Å². The fourth-order valence-electron chi connectivity index (χ4n) is 1.61. The number of rotatable bonds is 9. The van der Waals surface area contributed by atoms with Crippen LogP contribution in [0.2, 0.25) is 0 Å². The van der Waals surface area contributed by atoms with Gasteiger partial charge in [0, 0.05) is 36.6 Å². The van der Waals surface area contributed by atoms with Crippen LogP contribution in [0, 0.1) is 0 Å². The van der Waals surface area contributed by atoms with Crippen LogP contribution in [-0.2, 0) is 10.0 Å². The number of nitrogens with two attached hydrogens (primary N) is 1. The van der Waals surface area contributed by atoms with Gasteiger partial charge in [0.15, 0.2) is 0 Å². The van der Waals surface area contributed by atoms with E-state index in [9.17, 15) is 8.42 Å². The Morgan fingerprint density at radius 1 is 1.25 bits per heavy atom. The van der Waals surface area contributed by atoms with Gasteiger partial charge in [-0.05, 0) is 18.9 Å². The van der Waals surface area contributed by atoms with Gasteiger partial charge in [-0.2, -0.15) is 0 Å². The molecule has 6 nitrogen and oxygen atoms in total. The van der Waals surface area contributed by atoms with Crippen LogP contribution in [0.1, 0.15) is 19.8 Å². The minimum Gasteiger partial charge on any atom is -0.493 e. The van der Waals surface area contributed by atoms with Crippen LogP contribution >= 0.6 is 0 Å². The van der Waals surface area contributed by atoms with Crippen LogP contribution in [0.15, 0.2) is 18.2 Å². The van der Waals surface area contributed by atoms with Crippen molar-refractivity contribution in [2.24, 2.45) is 0 Å². The molecule has 0 saturated heterocycles. The van der Waals surface area contributed by atoms with E-state index in [0.29, 0.717) is 31.8 Å². The van der Waals surface area contributed by atoms with Crippen molar-refractivity contribution in [3.63, 3.8) is 0 Å². The van der Waals surface area contributed by atoms with Crippen LogP contribution in [0.5, 0.6) is 5.75 Å². The average molecular weight is 301 g/mol. The number of nitrogens with one attached hydrogen (secondary N) is 2. The van der Waals surface area contributed by atoms with Crippen molar-refractivity contribution in [3.8, 4) is 5.75 Å². The lowest BCUT2D eigenvalue weighted by Crippen LogP contribution is -2.24. The summed E-state index contributed by atoms with van der Waals surface area (Å²) in [5, 5.41) is 3.19. The summed E-state index contributed by atoms with van der Waals surface area (Å²) in [6.07, 6.45) is 2.78. The first-order chi connectivity index (χ1) is 9.40. The maximum Gasteiger partial charge on any atom is 0.208 e. The molecule has 0 atom stereocenters. The molecule has 1 aromatic carbocycles. The molecule has 0 fully saturated rings. The van der Waals surface area contributed by atoms with E-state index in [2.05, 4.69) is 10.0 Å². The first kappa shape index (κ1) is 16.6. The molecule has 0 spiro atoms. The molecule has 0 aromatic heterocycles. The molecular formula is C13H23N3O3S. The third-order valence-electron chi connectivity index (χ3n) is 2.45. The monoisotopic (exact) mass is 301 g/mol. The predicted octanol–water partition coefficient (Wildman–Crippen LogP) is 1.41. The Hall–Kier alpha value is -1.47. The number of hydrogen-bond donors (Lipinski definition) is 3. The van der Waals surface area contributed by atoms with E-state index in [-0.39, 0.29) is 0 Å². The van der Waals surface area contributed by atoms with Crippen LogP contribution in [-0.4, -0.2) is 34.4 Å². The molecule has 0 aliphatic rings. The maximum atomic E-state index is 10.9. The van der Waals surface area contributed by atoms with Crippen molar-refractivity contribution in [2.75, 3.05) is 37.0 Å². The Morgan fingerprint density at radius 2 is 2.00 bits per heavy atom. The molecule has 0 saturated carbocycles. The second-order valence-corrected chi connectivity index (χ2v) is 6.42. The van der Waals surface area contributed by atoms with Crippen molar-refractivity contribution in [1.82, 2.24) is 4.72 Å². The number of ether oxygens (including phenoxy) is 1. The molecule has 7 heteroatoms. The average Bonchev–Trinajstić information content (AvgIpc) is 2.34.